The maximum absolute atomic E-state index is 5.38. The van der Waals surface area contributed by atoms with E-state index in [9.17, 15) is 0 Å². The van der Waals surface area contributed by atoms with Gasteiger partial charge in [0.15, 0.2) is 11.5 Å². The van der Waals surface area contributed by atoms with E-state index in [2.05, 4.69) is 28.1 Å². The fraction of sp³-hybridized carbons (Fsp3) is 0.647. The Morgan fingerprint density at radius 2 is 1.80 bits per heavy atom. The summed E-state index contributed by atoms with van der Waals surface area (Å²) in [5.74, 6) is 2.54. The lowest BCUT2D eigenvalue weighted by Crippen LogP contribution is -2.07. The summed E-state index contributed by atoms with van der Waals surface area (Å²) in [5, 5.41) is 0. The Morgan fingerprint density at radius 3 is 2.45 bits per heavy atom. The largest absolute Gasteiger partial charge is 0.493 e. The zero-order valence-electron chi connectivity index (χ0n) is 12.5. The molecule has 0 spiro atoms. The van der Waals surface area contributed by atoms with Crippen LogP contribution in [0, 0.1) is 5.92 Å². The Labute approximate surface area is 131 Å². The molecule has 1 aromatic rings. The highest BCUT2D eigenvalue weighted by molar-refractivity contribution is 9.09. The van der Waals surface area contributed by atoms with Crippen LogP contribution in [0.1, 0.15) is 55.3 Å². The molecule has 0 aromatic heterocycles. The molecule has 0 heterocycles. The average Bonchev–Trinajstić information content (AvgIpc) is 2.52. The summed E-state index contributed by atoms with van der Waals surface area (Å²) in [7, 11) is 3.36. The molecule has 0 amide bonds. The highest BCUT2D eigenvalue weighted by atomic mass is 79.9. The third-order valence-corrected chi connectivity index (χ3v) is 5.31. The van der Waals surface area contributed by atoms with E-state index < -0.39 is 0 Å². The molecule has 1 fully saturated rings. The van der Waals surface area contributed by atoms with Crippen LogP contribution >= 0.6 is 15.9 Å². The maximum atomic E-state index is 5.38. The van der Waals surface area contributed by atoms with Gasteiger partial charge in [0.25, 0.3) is 0 Å². The molecule has 3 heteroatoms. The fourth-order valence-corrected chi connectivity index (χ4v) is 3.62. The second-order valence-electron chi connectivity index (χ2n) is 5.66. The molecule has 0 N–H and O–H groups in total. The predicted octanol–water partition coefficient (Wildman–Crippen LogP) is 5.50. The van der Waals surface area contributed by atoms with Gasteiger partial charge in [0.05, 0.1) is 14.2 Å². The SMILES string of the molecule is COc1ccc(C(Br)CCC2CCCCC2)cc1OC. The molecule has 1 atom stereocenters. The van der Waals surface area contributed by atoms with E-state index in [1.807, 2.05) is 6.07 Å². The molecule has 2 nitrogen and oxygen atoms in total. The minimum Gasteiger partial charge on any atom is -0.493 e. The van der Waals surface area contributed by atoms with E-state index in [0.717, 1.165) is 17.4 Å². The van der Waals surface area contributed by atoms with Gasteiger partial charge in [-0.05, 0) is 36.5 Å². The summed E-state index contributed by atoms with van der Waals surface area (Å²) in [5.41, 5.74) is 1.28. The van der Waals surface area contributed by atoms with Crippen LogP contribution in [-0.4, -0.2) is 14.2 Å². The normalized spacial score (nSPS) is 17.8. The van der Waals surface area contributed by atoms with Gasteiger partial charge in [-0.25, -0.2) is 0 Å². The smallest absolute Gasteiger partial charge is 0.161 e. The Morgan fingerprint density at radius 1 is 1.10 bits per heavy atom. The number of halogens is 1. The first kappa shape index (κ1) is 15.7. The molecule has 20 heavy (non-hydrogen) atoms. The van der Waals surface area contributed by atoms with Gasteiger partial charge in [-0.3, -0.25) is 0 Å². The van der Waals surface area contributed by atoms with E-state index in [0.29, 0.717) is 4.83 Å². The molecular weight excluding hydrogens is 316 g/mol. The van der Waals surface area contributed by atoms with Gasteiger partial charge >= 0.3 is 0 Å². The minimum absolute atomic E-state index is 0.407. The van der Waals surface area contributed by atoms with Crippen LogP contribution in [0.5, 0.6) is 11.5 Å². The molecule has 0 aliphatic heterocycles. The van der Waals surface area contributed by atoms with Crippen molar-refractivity contribution < 1.29 is 9.47 Å². The van der Waals surface area contributed by atoms with Crippen molar-refractivity contribution in [2.24, 2.45) is 5.92 Å². The average molecular weight is 341 g/mol. The quantitative estimate of drug-likeness (QED) is 0.636. The van der Waals surface area contributed by atoms with Gasteiger partial charge in [-0.1, -0.05) is 54.1 Å². The lowest BCUT2D eigenvalue weighted by atomic mass is 9.85. The van der Waals surface area contributed by atoms with Crippen LogP contribution in [0.2, 0.25) is 0 Å². The molecule has 0 bridgehead atoms. The molecule has 0 saturated heterocycles. The van der Waals surface area contributed by atoms with E-state index in [1.54, 1.807) is 14.2 Å². The third kappa shape index (κ3) is 4.15. The Kier molecular flexibility index (Phi) is 6.21. The first-order valence-corrected chi connectivity index (χ1v) is 8.52. The molecule has 1 aliphatic rings. The summed E-state index contributed by atoms with van der Waals surface area (Å²) in [6, 6.07) is 6.20. The highest BCUT2D eigenvalue weighted by Crippen LogP contribution is 2.37. The zero-order valence-corrected chi connectivity index (χ0v) is 14.1. The van der Waals surface area contributed by atoms with Crippen LogP contribution in [0.25, 0.3) is 0 Å². The lowest BCUT2D eigenvalue weighted by Gasteiger charge is -2.22. The number of benzene rings is 1. The summed E-state index contributed by atoms with van der Waals surface area (Å²) >= 11 is 3.83. The van der Waals surface area contributed by atoms with Crippen molar-refractivity contribution in [1.29, 1.82) is 0 Å². The number of methoxy groups -OCH3 is 2. The van der Waals surface area contributed by atoms with Crippen molar-refractivity contribution in [3.8, 4) is 11.5 Å². The summed E-state index contributed by atoms with van der Waals surface area (Å²) in [6.07, 6.45) is 9.65. The van der Waals surface area contributed by atoms with Crippen molar-refractivity contribution in [2.75, 3.05) is 14.2 Å². The molecule has 112 valence electrons. The molecular formula is C17H25BrO2. The van der Waals surface area contributed by atoms with Crippen LogP contribution in [-0.2, 0) is 0 Å². The third-order valence-electron chi connectivity index (χ3n) is 4.32. The van der Waals surface area contributed by atoms with Crippen molar-refractivity contribution in [2.45, 2.75) is 49.8 Å². The number of hydrogen-bond donors (Lipinski definition) is 0. The zero-order chi connectivity index (χ0) is 14.4. The second-order valence-corrected chi connectivity index (χ2v) is 6.77. The van der Waals surface area contributed by atoms with Crippen LogP contribution < -0.4 is 9.47 Å². The minimum atomic E-state index is 0.407. The van der Waals surface area contributed by atoms with Crippen molar-refractivity contribution in [1.82, 2.24) is 0 Å². The van der Waals surface area contributed by atoms with Crippen molar-refractivity contribution in [3.05, 3.63) is 23.8 Å². The standard InChI is InChI=1S/C17H25BrO2/c1-19-16-11-9-14(12-17(16)20-2)15(18)10-8-13-6-4-3-5-7-13/h9,11-13,15H,3-8,10H2,1-2H3. The van der Waals surface area contributed by atoms with Crippen LogP contribution in [0.4, 0.5) is 0 Å². The molecule has 1 unspecified atom stereocenters. The van der Waals surface area contributed by atoms with Crippen LogP contribution in [0.3, 0.4) is 0 Å². The van der Waals surface area contributed by atoms with E-state index in [1.165, 1.54) is 50.5 Å². The van der Waals surface area contributed by atoms with Gasteiger partial charge in [0, 0.05) is 4.83 Å². The molecule has 1 saturated carbocycles. The van der Waals surface area contributed by atoms with E-state index in [-0.39, 0.29) is 0 Å². The Balaban J connectivity index is 1.92. The molecule has 0 radical (unpaired) electrons. The maximum Gasteiger partial charge on any atom is 0.161 e. The summed E-state index contributed by atoms with van der Waals surface area (Å²) in [6.45, 7) is 0. The number of hydrogen-bond acceptors (Lipinski definition) is 2. The monoisotopic (exact) mass is 340 g/mol. The molecule has 1 aliphatic carbocycles. The van der Waals surface area contributed by atoms with Crippen molar-refractivity contribution >= 4 is 15.9 Å². The first-order chi connectivity index (χ1) is 9.74. The molecule has 1 aromatic carbocycles. The summed E-state index contributed by atoms with van der Waals surface area (Å²) < 4.78 is 10.7. The first-order valence-electron chi connectivity index (χ1n) is 7.60. The second kappa shape index (κ2) is 7.92. The highest BCUT2D eigenvalue weighted by Gasteiger charge is 2.17. The van der Waals surface area contributed by atoms with E-state index >= 15 is 0 Å². The lowest BCUT2D eigenvalue weighted by molar-refractivity contribution is 0.332. The van der Waals surface area contributed by atoms with Crippen molar-refractivity contribution in [3.63, 3.8) is 0 Å². The predicted molar refractivity (Wildman–Crippen MR) is 87.0 cm³/mol. The molecule has 2 rings (SSSR count). The Hall–Kier alpha value is -0.700. The number of rotatable bonds is 6. The Bertz CT molecular complexity index is 413. The number of ether oxygens (including phenoxy) is 2. The van der Waals surface area contributed by atoms with E-state index in [4.69, 9.17) is 9.47 Å². The van der Waals surface area contributed by atoms with Gasteiger partial charge in [-0.15, -0.1) is 0 Å². The topological polar surface area (TPSA) is 18.5 Å². The van der Waals surface area contributed by atoms with Gasteiger partial charge in [-0.2, -0.15) is 0 Å². The van der Waals surface area contributed by atoms with Crippen LogP contribution in [0.15, 0.2) is 18.2 Å². The van der Waals surface area contributed by atoms with Gasteiger partial charge in [0.2, 0.25) is 0 Å². The number of alkyl halides is 1. The summed E-state index contributed by atoms with van der Waals surface area (Å²) in [4.78, 5) is 0.407. The fourth-order valence-electron chi connectivity index (χ4n) is 3.07. The van der Waals surface area contributed by atoms with Gasteiger partial charge in [0.1, 0.15) is 0 Å². The van der Waals surface area contributed by atoms with Gasteiger partial charge < -0.3 is 9.47 Å².